The van der Waals surface area contributed by atoms with Gasteiger partial charge in [0.25, 0.3) is 0 Å². The number of nitrogens with zero attached hydrogens (tertiary/aromatic N) is 4. The number of ether oxygens (including phenoxy) is 1. The number of aliphatic imine (C=N–C) groups is 1. The lowest BCUT2D eigenvalue weighted by atomic mass is 10.3. The summed E-state index contributed by atoms with van der Waals surface area (Å²) in [4.78, 5) is 9.95. The maximum atomic E-state index is 8.91. The van der Waals surface area contributed by atoms with E-state index in [2.05, 4.69) is 25.9 Å². The molecule has 0 N–H and O–H groups in total. The molecule has 0 radical (unpaired) electrons. The number of halogens is 1. The second-order valence-corrected chi connectivity index (χ2v) is 3.92. The van der Waals surface area contributed by atoms with E-state index in [9.17, 15) is 0 Å². The molecule has 0 atom stereocenters. The highest BCUT2D eigenvalue weighted by Crippen LogP contribution is 2.29. The first-order valence-corrected chi connectivity index (χ1v) is 5.23. The van der Waals surface area contributed by atoms with Crippen molar-refractivity contribution in [2.45, 2.75) is 0 Å². The van der Waals surface area contributed by atoms with Crippen LogP contribution < -0.4 is 4.74 Å². The van der Waals surface area contributed by atoms with Crippen LogP contribution in [0.3, 0.4) is 0 Å². The summed E-state index contributed by atoms with van der Waals surface area (Å²) in [6.07, 6.45) is 1.60. The number of aromatic nitrogens is 1. The summed E-state index contributed by atoms with van der Waals surface area (Å²) < 4.78 is 5.58. The molecule has 16 heavy (non-hydrogen) atoms. The van der Waals surface area contributed by atoms with Crippen molar-refractivity contribution in [1.29, 1.82) is 5.26 Å². The Morgan fingerprint density at radius 2 is 2.31 bits per heavy atom. The number of nitriles is 1. The fraction of sp³-hybridized carbons (Fsp3) is 0.300. The molecule has 84 valence electrons. The van der Waals surface area contributed by atoms with Crippen LogP contribution in [0.2, 0.25) is 0 Å². The summed E-state index contributed by atoms with van der Waals surface area (Å²) in [7, 11) is 5.23. The maximum absolute atomic E-state index is 8.91. The SMILES string of the molecule is COc1cc(/N=C/N(C)C)c(C#N)nc1Br. The van der Waals surface area contributed by atoms with Crippen molar-refractivity contribution >= 4 is 28.0 Å². The smallest absolute Gasteiger partial charge is 0.167 e. The minimum Gasteiger partial charge on any atom is -0.494 e. The predicted molar refractivity (Wildman–Crippen MR) is 65.0 cm³/mol. The molecule has 0 spiro atoms. The second kappa shape index (κ2) is 5.47. The molecular formula is C10H11BrN4O. The van der Waals surface area contributed by atoms with Crippen LogP contribution in [0.5, 0.6) is 5.75 Å². The van der Waals surface area contributed by atoms with Gasteiger partial charge in [0, 0.05) is 20.2 Å². The van der Waals surface area contributed by atoms with Crippen molar-refractivity contribution < 1.29 is 4.74 Å². The van der Waals surface area contributed by atoms with E-state index in [-0.39, 0.29) is 5.69 Å². The summed E-state index contributed by atoms with van der Waals surface area (Å²) in [6, 6.07) is 3.64. The van der Waals surface area contributed by atoms with Gasteiger partial charge in [-0.25, -0.2) is 9.98 Å². The van der Waals surface area contributed by atoms with E-state index in [1.807, 2.05) is 20.2 Å². The molecule has 0 unspecified atom stereocenters. The number of rotatable bonds is 3. The molecule has 0 aliphatic heterocycles. The molecule has 0 aliphatic carbocycles. The van der Waals surface area contributed by atoms with Gasteiger partial charge in [0.1, 0.15) is 16.4 Å². The number of pyridine rings is 1. The highest BCUT2D eigenvalue weighted by atomic mass is 79.9. The Morgan fingerprint density at radius 3 is 2.81 bits per heavy atom. The zero-order valence-corrected chi connectivity index (χ0v) is 10.8. The van der Waals surface area contributed by atoms with Gasteiger partial charge in [-0.2, -0.15) is 5.26 Å². The zero-order chi connectivity index (χ0) is 12.1. The third-order valence-electron chi connectivity index (χ3n) is 1.68. The van der Waals surface area contributed by atoms with Gasteiger partial charge in [-0.3, -0.25) is 0 Å². The average Bonchev–Trinajstić information content (AvgIpc) is 2.26. The minimum atomic E-state index is 0.255. The highest BCUT2D eigenvalue weighted by molar-refractivity contribution is 9.10. The van der Waals surface area contributed by atoms with E-state index < -0.39 is 0 Å². The molecule has 0 saturated heterocycles. The van der Waals surface area contributed by atoms with E-state index in [1.54, 1.807) is 17.3 Å². The third kappa shape index (κ3) is 2.94. The molecular weight excluding hydrogens is 272 g/mol. The van der Waals surface area contributed by atoms with E-state index in [0.717, 1.165) is 0 Å². The summed E-state index contributed by atoms with van der Waals surface area (Å²) in [5.74, 6) is 0.546. The fourth-order valence-corrected chi connectivity index (χ4v) is 1.42. The molecule has 0 aliphatic rings. The van der Waals surface area contributed by atoms with E-state index in [4.69, 9.17) is 10.00 Å². The quantitative estimate of drug-likeness (QED) is 0.483. The molecule has 0 amide bonds. The number of methoxy groups -OCH3 is 1. The van der Waals surface area contributed by atoms with Crippen molar-refractivity contribution in [3.8, 4) is 11.8 Å². The summed E-state index contributed by atoms with van der Waals surface area (Å²) >= 11 is 3.21. The lowest BCUT2D eigenvalue weighted by Crippen LogP contribution is -2.07. The van der Waals surface area contributed by atoms with E-state index in [0.29, 0.717) is 16.0 Å². The van der Waals surface area contributed by atoms with Crippen LogP contribution in [0.1, 0.15) is 5.69 Å². The van der Waals surface area contributed by atoms with Crippen molar-refractivity contribution in [1.82, 2.24) is 9.88 Å². The van der Waals surface area contributed by atoms with Gasteiger partial charge in [-0.15, -0.1) is 0 Å². The van der Waals surface area contributed by atoms with Crippen molar-refractivity contribution in [2.75, 3.05) is 21.2 Å². The van der Waals surface area contributed by atoms with Crippen molar-refractivity contribution in [2.24, 2.45) is 4.99 Å². The monoisotopic (exact) mass is 282 g/mol. The van der Waals surface area contributed by atoms with Crippen molar-refractivity contribution in [3.05, 3.63) is 16.4 Å². The van der Waals surface area contributed by atoms with Gasteiger partial charge in [0.05, 0.1) is 13.4 Å². The standard InChI is InChI=1S/C10H11BrN4O/c1-15(2)6-13-7-4-9(16-3)10(11)14-8(7)5-12/h4,6H,1-3H3/b13-6+. The van der Waals surface area contributed by atoms with Gasteiger partial charge >= 0.3 is 0 Å². The van der Waals surface area contributed by atoms with Crippen LogP contribution in [0.15, 0.2) is 15.7 Å². The minimum absolute atomic E-state index is 0.255. The lowest BCUT2D eigenvalue weighted by Gasteiger charge is -2.06. The molecule has 1 rings (SSSR count). The zero-order valence-electron chi connectivity index (χ0n) is 9.23. The Morgan fingerprint density at radius 1 is 1.62 bits per heavy atom. The molecule has 1 heterocycles. The van der Waals surface area contributed by atoms with Crippen LogP contribution in [-0.4, -0.2) is 37.4 Å². The van der Waals surface area contributed by atoms with Crippen LogP contribution in [-0.2, 0) is 0 Å². The Hall–Kier alpha value is -1.61. The second-order valence-electron chi connectivity index (χ2n) is 3.17. The lowest BCUT2D eigenvalue weighted by molar-refractivity contribution is 0.410. The van der Waals surface area contributed by atoms with Gasteiger partial charge in [0.2, 0.25) is 0 Å². The predicted octanol–water partition coefficient (Wildman–Crippen LogP) is 1.95. The highest BCUT2D eigenvalue weighted by Gasteiger charge is 2.09. The normalized spacial score (nSPS) is 10.2. The first-order valence-electron chi connectivity index (χ1n) is 4.43. The molecule has 0 saturated carbocycles. The number of hydrogen-bond donors (Lipinski definition) is 0. The van der Waals surface area contributed by atoms with Gasteiger partial charge in [0.15, 0.2) is 11.4 Å². The largest absolute Gasteiger partial charge is 0.494 e. The molecule has 0 aromatic carbocycles. The Balaban J connectivity index is 3.21. The van der Waals surface area contributed by atoms with Crippen LogP contribution in [0.4, 0.5) is 5.69 Å². The van der Waals surface area contributed by atoms with E-state index in [1.165, 1.54) is 7.11 Å². The van der Waals surface area contributed by atoms with Crippen molar-refractivity contribution in [3.63, 3.8) is 0 Å². The van der Waals surface area contributed by atoms with Gasteiger partial charge < -0.3 is 9.64 Å². The molecule has 6 heteroatoms. The fourth-order valence-electron chi connectivity index (χ4n) is 0.964. The first-order chi connectivity index (χ1) is 7.58. The van der Waals surface area contributed by atoms with Gasteiger partial charge in [-0.1, -0.05) is 0 Å². The maximum Gasteiger partial charge on any atom is 0.167 e. The van der Waals surface area contributed by atoms with Crippen LogP contribution >= 0.6 is 15.9 Å². The summed E-state index contributed by atoms with van der Waals surface area (Å²) in [5.41, 5.74) is 0.738. The Kier molecular flexibility index (Phi) is 4.26. The van der Waals surface area contributed by atoms with Gasteiger partial charge in [-0.05, 0) is 15.9 Å². The molecule has 5 nitrogen and oxygen atoms in total. The molecule has 0 bridgehead atoms. The molecule has 1 aromatic heterocycles. The summed E-state index contributed by atoms with van der Waals surface area (Å²) in [6.45, 7) is 0. The Bertz CT molecular complexity index is 451. The average molecular weight is 283 g/mol. The molecule has 0 fully saturated rings. The first kappa shape index (κ1) is 12.5. The number of hydrogen-bond acceptors (Lipinski definition) is 4. The van der Waals surface area contributed by atoms with E-state index >= 15 is 0 Å². The Labute approximate surface area is 103 Å². The molecule has 1 aromatic rings. The third-order valence-corrected chi connectivity index (χ3v) is 2.25. The summed E-state index contributed by atoms with van der Waals surface area (Å²) in [5, 5.41) is 8.91. The topological polar surface area (TPSA) is 61.5 Å². The van der Waals surface area contributed by atoms with Crippen LogP contribution in [0.25, 0.3) is 0 Å². The van der Waals surface area contributed by atoms with Crippen LogP contribution in [0, 0.1) is 11.3 Å².